The van der Waals surface area contributed by atoms with Gasteiger partial charge in [0.15, 0.2) is 0 Å². The van der Waals surface area contributed by atoms with Gasteiger partial charge < -0.3 is 14.6 Å². The number of aliphatic hydroxyl groups excluding tert-OH is 1. The molecule has 0 saturated carbocycles. The molecule has 2 heterocycles. The highest BCUT2D eigenvalue weighted by atomic mass is 35.5. The average molecular weight is 304 g/mol. The largest absolute Gasteiger partial charge is 0.490 e. The van der Waals surface area contributed by atoms with Crippen LogP contribution < -0.4 is 4.74 Å². The van der Waals surface area contributed by atoms with Crippen LogP contribution in [0.3, 0.4) is 0 Å². The molecule has 2 unspecified atom stereocenters. The van der Waals surface area contributed by atoms with Crippen molar-refractivity contribution in [1.29, 1.82) is 0 Å². The summed E-state index contributed by atoms with van der Waals surface area (Å²) in [5.41, 5.74) is 0.667. The Labute approximate surface area is 121 Å². The number of fused-ring (bicyclic) bond motifs is 1. The number of hydrogen-bond donors (Lipinski definition) is 1. The van der Waals surface area contributed by atoms with Gasteiger partial charge in [-0.2, -0.15) is 0 Å². The number of nitrogens with zero attached hydrogens (tertiary/aromatic N) is 1. The number of halogens is 2. The van der Waals surface area contributed by atoms with E-state index in [0.29, 0.717) is 41.2 Å². The Morgan fingerprint density at radius 3 is 2.68 bits per heavy atom. The molecule has 1 fully saturated rings. The highest BCUT2D eigenvalue weighted by molar-refractivity contribution is 6.35. The minimum atomic E-state index is -0.641. The van der Waals surface area contributed by atoms with E-state index < -0.39 is 6.10 Å². The van der Waals surface area contributed by atoms with Gasteiger partial charge in [0, 0.05) is 23.7 Å². The number of ether oxygens (including phenoxy) is 2. The Morgan fingerprint density at radius 1 is 1.21 bits per heavy atom. The van der Waals surface area contributed by atoms with Gasteiger partial charge in [0.05, 0.1) is 24.3 Å². The van der Waals surface area contributed by atoms with Gasteiger partial charge in [-0.25, -0.2) is 0 Å². The maximum Gasteiger partial charge on any atom is 0.143 e. The molecule has 3 rings (SSSR count). The molecule has 6 heteroatoms. The van der Waals surface area contributed by atoms with Crippen LogP contribution in [0.1, 0.15) is 11.7 Å². The van der Waals surface area contributed by atoms with Crippen molar-refractivity contribution in [2.75, 3.05) is 32.9 Å². The van der Waals surface area contributed by atoms with Crippen LogP contribution in [0.5, 0.6) is 5.75 Å². The zero-order chi connectivity index (χ0) is 13.4. The fourth-order valence-electron chi connectivity index (χ4n) is 2.63. The van der Waals surface area contributed by atoms with Gasteiger partial charge in [-0.3, -0.25) is 4.90 Å². The van der Waals surface area contributed by atoms with Crippen molar-refractivity contribution < 1.29 is 14.6 Å². The van der Waals surface area contributed by atoms with Gasteiger partial charge in [0.2, 0.25) is 0 Å². The van der Waals surface area contributed by atoms with Gasteiger partial charge in [-0.15, -0.1) is 0 Å². The van der Waals surface area contributed by atoms with Crippen LogP contribution in [-0.4, -0.2) is 49.0 Å². The van der Waals surface area contributed by atoms with Crippen molar-refractivity contribution in [2.45, 2.75) is 12.1 Å². The molecule has 0 bridgehead atoms. The number of benzene rings is 1. The molecule has 2 aliphatic heterocycles. The Bertz CT molecular complexity index is 477. The summed E-state index contributed by atoms with van der Waals surface area (Å²) in [6.45, 7) is 3.40. The van der Waals surface area contributed by atoms with Gasteiger partial charge >= 0.3 is 0 Å². The van der Waals surface area contributed by atoms with Crippen molar-refractivity contribution >= 4 is 23.2 Å². The molecular formula is C13H15Cl2NO3. The van der Waals surface area contributed by atoms with E-state index in [1.807, 2.05) is 0 Å². The first-order valence-electron chi connectivity index (χ1n) is 6.28. The lowest BCUT2D eigenvalue weighted by Crippen LogP contribution is -2.50. The van der Waals surface area contributed by atoms with Gasteiger partial charge in [0.25, 0.3) is 0 Å². The molecule has 0 spiro atoms. The first-order valence-corrected chi connectivity index (χ1v) is 7.04. The molecule has 0 amide bonds. The van der Waals surface area contributed by atoms with Crippen LogP contribution >= 0.6 is 23.2 Å². The second-order valence-corrected chi connectivity index (χ2v) is 5.62. The van der Waals surface area contributed by atoms with E-state index in [9.17, 15) is 5.11 Å². The summed E-state index contributed by atoms with van der Waals surface area (Å²) < 4.78 is 11.0. The first kappa shape index (κ1) is 13.5. The lowest BCUT2D eigenvalue weighted by Gasteiger charge is -2.40. The molecule has 19 heavy (non-hydrogen) atoms. The van der Waals surface area contributed by atoms with E-state index in [1.165, 1.54) is 0 Å². The van der Waals surface area contributed by atoms with Crippen LogP contribution in [-0.2, 0) is 4.74 Å². The number of rotatable bonds is 1. The predicted octanol–water partition coefficient (Wildman–Crippen LogP) is 2.12. The quantitative estimate of drug-likeness (QED) is 0.863. The topological polar surface area (TPSA) is 41.9 Å². The van der Waals surface area contributed by atoms with Crippen molar-refractivity contribution in [2.24, 2.45) is 0 Å². The molecule has 1 aromatic rings. The summed E-state index contributed by atoms with van der Waals surface area (Å²) >= 11 is 12.1. The molecule has 1 aromatic carbocycles. The molecule has 2 atom stereocenters. The fraction of sp³-hybridized carbons (Fsp3) is 0.538. The summed E-state index contributed by atoms with van der Waals surface area (Å²) in [4.78, 5) is 2.19. The standard InChI is InChI=1S/C13H15Cl2NO3/c14-8-5-9-12(17)11(16-1-3-18-4-2-16)7-19-13(9)10(15)6-8/h5-6,11-12,17H,1-4,7H2. The Balaban J connectivity index is 1.88. The van der Waals surface area contributed by atoms with E-state index in [-0.39, 0.29) is 6.04 Å². The van der Waals surface area contributed by atoms with E-state index in [1.54, 1.807) is 12.1 Å². The molecule has 4 nitrogen and oxygen atoms in total. The molecule has 1 N–H and O–H groups in total. The zero-order valence-corrected chi connectivity index (χ0v) is 11.8. The van der Waals surface area contributed by atoms with E-state index >= 15 is 0 Å². The van der Waals surface area contributed by atoms with Crippen LogP contribution in [0.15, 0.2) is 12.1 Å². The van der Waals surface area contributed by atoms with Gasteiger partial charge in [-0.05, 0) is 12.1 Å². The predicted molar refractivity (Wildman–Crippen MR) is 73.1 cm³/mol. The smallest absolute Gasteiger partial charge is 0.143 e. The van der Waals surface area contributed by atoms with Crippen molar-refractivity contribution in [3.05, 3.63) is 27.7 Å². The molecule has 0 radical (unpaired) electrons. The number of hydrogen-bond acceptors (Lipinski definition) is 4. The molecule has 2 aliphatic rings. The minimum absolute atomic E-state index is 0.0778. The van der Waals surface area contributed by atoms with Crippen molar-refractivity contribution in [1.82, 2.24) is 4.90 Å². The Morgan fingerprint density at radius 2 is 1.95 bits per heavy atom. The second kappa shape index (κ2) is 5.46. The van der Waals surface area contributed by atoms with Crippen molar-refractivity contribution in [3.63, 3.8) is 0 Å². The first-order chi connectivity index (χ1) is 9.16. The van der Waals surface area contributed by atoms with E-state index in [0.717, 1.165) is 13.1 Å². The van der Waals surface area contributed by atoms with Crippen LogP contribution in [0.25, 0.3) is 0 Å². The minimum Gasteiger partial charge on any atom is -0.490 e. The van der Waals surface area contributed by atoms with Crippen LogP contribution in [0.4, 0.5) is 0 Å². The lowest BCUT2D eigenvalue weighted by molar-refractivity contribution is -0.0453. The third-order valence-electron chi connectivity index (χ3n) is 3.63. The third kappa shape index (κ3) is 2.56. The second-order valence-electron chi connectivity index (χ2n) is 4.78. The monoisotopic (exact) mass is 303 g/mol. The van der Waals surface area contributed by atoms with Gasteiger partial charge in [0.1, 0.15) is 18.5 Å². The SMILES string of the molecule is OC1c2cc(Cl)cc(Cl)c2OCC1N1CCOCC1. The summed E-state index contributed by atoms with van der Waals surface area (Å²) in [6.07, 6.45) is -0.641. The molecule has 104 valence electrons. The van der Waals surface area contributed by atoms with Gasteiger partial charge in [-0.1, -0.05) is 23.2 Å². The molecule has 1 saturated heterocycles. The average Bonchev–Trinajstić information content (AvgIpc) is 2.41. The maximum atomic E-state index is 10.5. The highest BCUT2D eigenvalue weighted by Gasteiger charge is 2.35. The number of aliphatic hydroxyl groups is 1. The third-order valence-corrected chi connectivity index (χ3v) is 4.13. The Kier molecular flexibility index (Phi) is 3.87. The summed E-state index contributed by atoms with van der Waals surface area (Å²) in [5, 5.41) is 11.5. The summed E-state index contributed by atoms with van der Waals surface area (Å²) in [7, 11) is 0. The maximum absolute atomic E-state index is 10.5. The molecule has 0 aliphatic carbocycles. The van der Waals surface area contributed by atoms with Crippen molar-refractivity contribution in [3.8, 4) is 5.75 Å². The highest BCUT2D eigenvalue weighted by Crippen LogP contribution is 2.41. The van der Waals surface area contributed by atoms with Crippen LogP contribution in [0.2, 0.25) is 10.0 Å². The normalized spacial score (nSPS) is 27.7. The Hall–Kier alpha value is -0.520. The molecule has 0 aromatic heterocycles. The van der Waals surface area contributed by atoms with E-state index in [2.05, 4.69) is 4.90 Å². The number of morpholine rings is 1. The lowest BCUT2D eigenvalue weighted by atomic mass is 9.97. The summed E-state index contributed by atoms with van der Waals surface area (Å²) in [5.74, 6) is 0.545. The van der Waals surface area contributed by atoms with Crippen LogP contribution in [0, 0.1) is 0 Å². The summed E-state index contributed by atoms with van der Waals surface area (Å²) in [6, 6.07) is 3.27. The fourth-order valence-corrected chi connectivity index (χ4v) is 3.20. The zero-order valence-electron chi connectivity index (χ0n) is 10.3. The molecular weight excluding hydrogens is 289 g/mol. The van der Waals surface area contributed by atoms with E-state index in [4.69, 9.17) is 32.7 Å².